The topological polar surface area (TPSA) is 106 Å². The third kappa shape index (κ3) is 6.39. The summed E-state index contributed by atoms with van der Waals surface area (Å²) in [6.07, 6.45) is 1.02. The van der Waals surface area contributed by atoms with Gasteiger partial charge in [0, 0.05) is 0 Å². The number of aliphatic carboxylic acids is 1. The second-order valence-electron chi connectivity index (χ2n) is 4.97. The van der Waals surface area contributed by atoms with Crippen LogP contribution in [0.4, 0.5) is 4.79 Å². The molecular weight excluding hydrogens is 252 g/mol. The predicted molar refractivity (Wildman–Crippen MR) is 65.3 cm³/mol. The summed E-state index contributed by atoms with van der Waals surface area (Å²) in [5.41, 5.74) is -0.0142. The van der Waals surface area contributed by atoms with Gasteiger partial charge in [-0.1, -0.05) is 5.21 Å². The number of alkyl carbamates (subject to hydrolysis) is 1. The van der Waals surface area contributed by atoms with E-state index in [1.54, 1.807) is 27.0 Å². The fraction of sp³-hybridized carbons (Fsp3) is 0.636. The van der Waals surface area contributed by atoms with Crippen LogP contribution < -0.4 is 5.32 Å². The van der Waals surface area contributed by atoms with Crippen molar-refractivity contribution in [1.82, 2.24) is 20.3 Å². The van der Waals surface area contributed by atoms with Crippen LogP contribution >= 0.6 is 0 Å². The number of amides is 1. The number of carboxylic acid groups (broad SMARTS) is 1. The van der Waals surface area contributed by atoms with Gasteiger partial charge in [-0.05, 0) is 20.8 Å². The highest BCUT2D eigenvalue weighted by Crippen LogP contribution is 2.06. The number of carbonyl (C=O) groups excluding carboxylic acids is 1. The molecule has 1 amide bonds. The van der Waals surface area contributed by atoms with E-state index in [1.807, 2.05) is 0 Å². The van der Waals surface area contributed by atoms with Crippen LogP contribution in [0.5, 0.6) is 0 Å². The molecule has 8 heteroatoms. The van der Waals surface area contributed by atoms with Crippen molar-refractivity contribution in [2.45, 2.75) is 45.9 Å². The maximum absolute atomic E-state index is 11.4. The summed E-state index contributed by atoms with van der Waals surface area (Å²) in [6, 6.07) is 0. The van der Waals surface area contributed by atoms with E-state index in [0.717, 1.165) is 0 Å². The Kier molecular flexibility index (Phi) is 4.85. The van der Waals surface area contributed by atoms with Crippen molar-refractivity contribution in [2.24, 2.45) is 0 Å². The molecule has 0 atom stereocenters. The van der Waals surface area contributed by atoms with E-state index in [1.165, 1.54) is 4.68 Å². The van der Waals surface area contributed by atoms with Crippen molar-refractivity contribution in [1.29, 1.82) is 0 Å². The van der Waals surface area contributed by atoms with Crippen molar-refractivity contribution in [3.05, 3.63) is 11.9 Å². The fourth-order valence-corrected chi connectivity index (χ4v) is 1.22. The molecule has 1 aromatic heterocycles. The lowest BCUT2D eigenvalue weighted by molar-refractivity contribution is -0.137. The number of rotatable bonds is 5. The van der Waals surface area contributed by atoms with E-state index in [-0.39, 0.29) is 19.5 Å². The van der Waals surface area contributed by atoms with Gasteiger partial charge in [-0.15, -0.1) is 5.10 Å². The van der Waals surface area contributed by atoms with Crippen LogP contribution in [0.2, 0.25) is 0 Å². The third-order valence-electron chi connectivity index (χ3n) is 1.95. The summed E-state index contributed by atoms with van der Waals surface area (Å²) < 4.78 is 6.48. The number of nitrogens with one attached hydrogen (secondary N) is 1. The molecule has 0 unspecified atom stereocenters. The van der Waals surface area contributed by atoms with Crippen LogP contribution in [0.15, 0.2) is 6.20 Å². The number of aryl methyl sites for hydroxylation is 1. The van der Waals surface area contributed by atoms with Crippen LogP contribution in [0.25, 0.3) is 0 Å². The Labute approximate surface area is 110 Å². The second-order valence-corrected chi connectivity index (χ2v) is 4.97. The largest absolute Gasteiger partial charge is 0.481 e. The fourth-order valence-electron chi connectivity index (χ4n) is 1.22. The minimum Gasteiger partial charge on any atom is -0.481 e. The zero-order valence-corrected chi connectivity index (χ0v) is 11.2. The lowest BCUT2D eigenvalue weighted by Gasteiger charge is -2.19. The molecule has 0 radical (unpaired) electrons. The average Bonchev–Trinajstić information content (AvgIpc) is 2.69. The Hall–Kier alpha value is -2.12. The molecule has 19 heavy (non-hydrogen) atoms. The lowest BCUT2D eigenvalue weighted by atomic mass is 10.2. The van der Waals surface area contributed by atoms with Crippen molar-refractivity contribution in [3.63, 3.8) is 0 Å². The summed E-state index contributed by atoms with van der Waals surface area (Å²) in [5, 5.41) is 18.6. The van der Waals surface area contributed by atoms with Gasteiger partial charge < -0.3 is 15.2 Å². The molecule has 0 spiro atoms. The first kappa shape index (κ1) is 14.9. The molecule has 0 saturated carbocycles. The van der Waals surface area contributed by atoms with Crippen LogP contribution in [0, 0.1) is 0 Å². The maximum atomic E-state index is 11.4. The average molecular weight is 270 g/mol. The molecule has 0 aromatic carbocycles. The number of hydrogen-bond acceptors (Lipinski definition) is 5. The molecule has 1 heterocycles. The smallest absolute Gasteiger partial charge is 0.407 e. The number of carbonyl (C=O) groups is 2. The first-order valence-electron chi connectivity index (χ1n) is 5.84. The molecule has 1 rings (SSSR count). The Balaban J connectivity index is 2.38. The standard InChI is InChI=1S/C11H18N4O4/c1-11(2,3)19-10(18)12-6-8-7-15(14-13-8)5-4-9(16)17/h7H,4-6H2,1-3H3,(H,12,18)(H,16,17). The molecule has 0 aliphatic carbocycles. The Bertz CT molecular complexity index is 450. The highest BCUT2D eigenvalue weighted by molar-refractivity contribution is 5.67. The summed E-state index contributed by atoms with van der Waals surface area (Å²) in [4.78, 5) is 21.8. The van der Waals surface area contributed by atoms with E-state index in [0.29, 0.717) is 5.69 Å². The molecule has 8 nitrogen and oxygen atoms in total. The first-order valence-corrected chi connectivity index (χ1v) is 5.84. The van der Waals surface area contributed by atoms with Gasteiger partial charge in [0.25, 0.3) is 0 Å². The second kappa shape index (κ2) is 6.17. The molecule has 1 aromatic rings. The van der Waals surface area contributed by atoms with Gasteiger partial charge in [-0.2, -0.15) is 0 Å². The van der Waals surface area contributed by atoms with Gasteiger partial charge in [0.05, 0.1) is 25.7 Å². The molecule has 0 bridgehead atoms. The van der Waals surface area contributed by atoms with Gasteiger partial charge in [0.1, 0.15) is 11.3 Å². The summed E-state index contributed by atoms with van der Waals surface area (Å²) >= 11 is 0. The number of carboxylic acids is 1. The number of aromatic nitrogens is 3. The lowest BCUT2D eigenvalue weighted by Crippen LogP contribution is -2.32. The summed E-state index contributed by atoms with van der Waals surface area (Å²) in [5.74, 6) is -0.899. The van der Waals surface area contributed by atoms with E-state index < -0.39 is 17.7 Å². The van der Waals surface area contributed by atoms with Crippen molar-refractivity contribution in [2.75, 3.05) is 0 Å². The minimum absolute atomic E-state index is 0.0255. The molecule has 0 fully saturated rings. The van der Waals surface area contributed by atoms with E-state index in [2.05, 4.69) is 15.6 Å². The van der Waals surface area contributed by atoms with E-state index in [9.17, 15) is 9.59 Å². The van der Waals surface area contributed by atoms with E-state index in [4.69, 9.17) is 9.84 Å². The van der Waals surface area contributed by atoms with Crippen molar-refractivity contribution < 1.29 is 19.4 Å². The summed E-state index contributed by atoms with van der Waals surface area (Å²) in [7, 11) is 0. The zero-order chi connectivity index (χ0) is 14.5. The van der Waals surface area contributed by atoms with Gasteiger partial charge in [-0.25, -0.2) is 4.79 Å². The third-order valence-corrected chi connectivity index (χ3v) is 1.95. The van der Waals surface area contributed by atoms with Crippen molar-refractivity contribution in [3.8, 4) is 0 Å². The number of hydrogen-bond donors (Lipinski definition) is 2. The predicted octanol–water partition coefficient (Wildman–Crippen LogP) is 0.777. The molecule has 0 aliphatic heterocycles. The zero-order valence-electron chi connectivity index (χ0n) is 11.2. The Morgan fingerprint density at radius 1 is 1.47 bits per heavy atom. The normalized spacial score (nSPS) is 11.1. The maximum Gasteiger partial charge on any atom is 0.407 e. The van der Waals surface area contributed by atoms with Crippen LogP contribution in [-0.4, -0.2) is 37.8 Å². The molecule has 0 aliphatic rings. The van der Waals surface area contributed by atoms with Crippen LogP contribution in [-0.2, 0) is 22.6 Å². The Morgan fingerprint density at radius 2 is 2.16 bits per heavy atom. The highest BCUT2D eigenvalue weighted by Gasteiger charge is 2.16. The number of nitrogens with zero attached hydrogens (tertiary/aromatic N) is 3. The number of ether oxygens (including phenoxy) is 1. The molecular formula is C11H18N4O4. The van der Waals surface area contributed by atoms with Crippen molar-refractivity contribution >= 4 is 12.1 Å². The van der Waals surface area contributed by atoms with Gasteiger partial charge in [0.2, 0.25) is 0 Å². The highest BCUT2D eigenvalue weighted by atomic mass is 16.6. The van der Waals surface area contributed by atoms with E-state index >= 15 is 0 Å². The summed E-state index contributed by atoms with van der Waals surface area (Å²) in [6.45, 7) is 5.75. The van der Waals surface area contributed by atoms with Gasteiger partial charge in [-0.3, -0.25) is 9.48 Å². The van der Waals surface area contributed by atoms with Crippen LogP contribution in [0.3, 0.4) is 0 Å². The van der Waals surface area contributed by atoms with Crippen LogP contribution in [0.1, 0.15) is 32.9 Å². The molecule has 106 valence electrons. The van der Waals surface area contributed by atoms with Gasteiger partial charge in [0.15, 0.2) is 0 Å². The molecule has 2 N–H and O–H groups in total. The quantitative estimate of drug-likeness (QED) is 0.818. The first-order chi connectivity index (χ1) is 8.76. The monoisotopic (exact) mass is 270 g/mol. The molecule has 0 saturated heterocycles. The Morgan fingerprint density at radius 3 is 2.74 bits per heavy atom. The van der Waals surface area contributed by atoms with Gasteiger partial charge >= 0.3 is 12.1 Å². The minimum atomic E-state index is -0.899. The SMILES string of the molecule is CC(C)(C)OC(=O)NCc1cn(CCC(=O)O)nn1.